The van der Waals surface area contributed by atoms with E-state index in [1.165, 1.54) is 0 Å². The molecule has 4 aromatic rings. The van der Waals surface area contributed by atoms with Crippen molar-refractivity contribution >= 4 is 11.9 Å². The summed E-state index contributed by atoms with van der Waals surface area (Å²) in [4.78, 5) is 25.2. The van der Waals surface area contributed by atoms with Gasteiger partial charge in [-0.05, 0) is 116 Å². The number of esters is 2. The highest BCUT2D eigenvalue weighted by Crippen LogP contribution is 2.37. The third kappa shape index (κ3) is 5.70. The van der Waals surface area contributed by atoms with Gasteiger partial charge in [0.1, 0.15) is 11.5 Å². The van der Waals surface area contributed by atoms with Crippen LogP contribution >= 0.6 is 0 Å². The number of rotatable bonds is 7. The highest BCUT2D eigenvalue weighted by atomic mass is 16.5. The summed E-state index contributed by atoms with van der Waals surface area (Å²) in [5.74, 6) is 0.267. The molecule has 0 radical (unpaired) electrons. The quantitative estimate of drug-likeness (QED) is 0.188. The first kappa shape index (κ1) is 26.9. The summed E-state index contributed by atoms with van der Waals surface area (Å²) in [6.45, 7) is 12.3. The van der Waals surface area contributed by atoms with Gasteiger partial charge < -0.3 is 9.47 Å². The molecule has 4 nitrogen and oxygen atoms in total. The number of benzene rings is 4. The van der Waals surface area contributed by atoms with E-state index >= 15 is 0 Å². The van der Waals surface area contributed by atoms with Gasteiger partial charge in [0.25, 0.3) is 0 Å². The summed E-state index contributed by atoms with van der Waals surface area (Å²) in [6.07, 6.45) is 0.858. The van der Waals surface area contributed by atoms with Gasteiger partial charge in [0.15, 0.2) is 0 Å². The summed E-state index contributed by atoms with van der Waals surface area (Å²) >= 11 is 0. The molecule has 4 heteroatoms. The molecule has 0 aliphatic rings. The maximum Gasteiger partial charge on any atom is 0.343 e. The Morgan fingerprint density at radius 2 is 0.947 bits per heavy atom. The molecule has 0 saturated heterocycles. The standard InChI is InChI=1S/C34H34O4/c1-7-34(6,28-12-16-30(17-13-28)37-32(35)26-10-8-22(2)24(4)20-26)29-14-18-31(19-15-29)38-33(36)27-11-9-23(3)25(5)21-27/h8-21H,7H2,1-6H3. The maximum atomic E-state index is 12.6. The fourth-order valence-electron chi connectivity index (χ4n) is 4.43. The Labute approximate surface area is 225 Å². The number of ether oxygens (including phenoxy) is 2. The molecule has 4 aromatic carbocycles. The van der Waals surface area contributed by atoms with Gasteiger partial charge in [-0.25, -0.2) is 9.59 Å². The molecule has 0 aromatic heterocycles. The summed E-state index contributed by atoms with van der Waals surface area (Å²) in [5, 5.41) is 0. The fourth-order valence-corrected chi connectivity index (χ4v) is 4.43. The lowest BCUT2D eigenvalue weighted by Gasteiger charge is -2.30. The van der Waals surface area contributed by atoms with Crippen LogP contribution in [0.25, 0.3) is 0 Å². The van der Waals surface area contributed by atoms with Crippen molar-refractivity contribution in [2.24, 2.45) is 0 Å². The second-order valence-electron chi connectivity index (χ2n) is 10.1. The average Bonchev–Trinajstić information content (AvgIpc) is 2.92. The van der Waals surface area contributed by atoms with Gasteiger partial charge in [0.2, 0.25) is 0 Å². The van der Waals surface area contributed by atoms with Gasteiger partial charge >= 0.3 is 11.9 Å². The van der Waals surface area contributed by atoms with Crippen molar-refractivity contribution in [2.75, 3.05) is 0 Å². The van der Waals surface area contributed by atoms with Crippen molar-refractivity contribution < 1.29 is 19.1 Å². The molecule has 0 amide bonds. The predicted molar refractivity (Wildman–Crippen MR) is 151 cm³/mol. The summed E-state index contributed by atoms with van der Waals surface area (Å²) in [6, 6.07) is 26.5. The topological polar surface area (TPSA) is 52.6 Å². The van der Waals surface area contributed by atoms with E-state index < -0.39 is 0 Å². The second-order valence-corrected chi connectivity index (χ2v) is 10.1. The Hall–Kier alpha value is -4.18. The van der Waals surface area contributed by atoms with Crippen molar-refractivity contribution in [1.29, 1.82) is 0 Å². The Morgan fingerprint density at radius 3 is 1.26 bits per heavy atom. The van der Waals surface area contributed by atoms with E-state index in [0.717, 1.165) is 39.8 Å². The van der Waals surface area contributed by atoms with E-state index in [0.29, 0.717) is 22.6 Å². The molecule has 0 spiro atoms. The van der Waals surface area contributed by atoms with Gasteiger partial charge in [0.05, 0.1) is 11.1 Å². The number of aryl methyl sites for hydroxylation is 4. The van der Waals surface area contributed by atoms with E-state index in [1.807, 2.05) is 100 Å². The summed E-state index contributed by atoms with van der Waals surface area (Å²) < 4.78 is 11.2. The lowest BCUT2D eigenvalue weighted by Crippen LogP contribution is -2.22. The first-order chi connectivity index (χ1) is 18.1. The molecule has 0 saturated carbocycles. The van der Waals surface area contributed by atoms with Crippen LogP contribution in [0.2, 0.25) is 0 Å². The molecule has 0 unspecified atom stereocenters. The van der Waals surface area contributed by atoms with Crippen LogP contribution in [0.5, 0.6) is 11.5 Å². The minimum absolute atomic E-state index is 0.271. The van der Waals surface area contributed by atoms with Crippen molar-refractivity contribution in [3.05, 3.63) is 129 Å². The largest absolute Gasteiger partial charge is 0.423 e. The van der Waals surface area contributed by atoms with Gasteiger partial charge in [-0.15, -0.1) is 0 Å². The number of hydrogen-bond acceptors (Lipinski definition) is 4. The van der Waals surface area contributed by atoms with Crippen molar-refractivity contribution in [1.82, 2.24) is 0 Å². The SMILES string of the molecule is CCC(C)(c1ccc(OC(=O)c2ccc(C)c(C)c2)cc1)c1ccc(OC(=O)c2ccc(C)c(C)c2)cc1. The number of carbonyl (C=O) groups excluding carboxylic acids is 2. The highest BCUT2D eigenvalue weighted by Gasteiger charge is 2.27. The lowest BCUT2D eigenvalue weighted by atomic mass is 9.74. The van der Waals surface area contributed by atoms with E-state index in [1.54, 1.807) is 12.1 Å². The summed E-state index contributed by atoms with van der Waals surface area (Å²) in [5.41, 5.74) is 7.39. The van der Waals surface area contributed by atoms with Crippen molar-refractivity contribution in [2.45, 2.75) is 53.4 Å². The molecule has 194 valence electrons. The first-order valence-corrected chi connectivity index (χ1v) is 12.9. The molecule has 0 bridgehead atoms. The van der Waals surface area contributed by atoms with Crippen LogP contribution in [0.4, 0.5) is 0 Å². The van der Waals surface area contributed by atoms with Gasteiger partial charge in [-0.3, -0.25) is 0 Å². The third-order valence-electron chi connectivity index (χ3n) is 7.60. The Morgan fingerprint density at radius 1 is 0.579 bits per heavy atom. The molecular weight excluding hydrogens is 472 g/mol. The predicted octanol–water partition coefficient (Wildman–Crippen LogP) is 8.07. The zero-order chi connectivity index (χ0) is 27.4. The van der Waals surface area contributed by atoms with E-state index in [4.69, 9.17) is 9.47 Å². The van der Waals surface area contributed by atoms with Gasteiger partial charge in [-0.2, -0.15) is 0 Å². The smallest absolute Gasteiger partial charge is 0.343 e. The molecule has 0 N–H and O–H groups in total. The van der Waals surface area contributed by atoms with Crippen molar-refractivity contribution in [3.63, 3.8) is 0 Å². The molecule has 38 heavy (non-hydrogen) atoms. The third-order valence-corrected chi connectivity index (χ3v) is 7.60. The first-order valence-electron chi connectivity index (χ1n) is 12.9. The monoisotopic (exact) mass is 506 g/mol. The van der Waals surface area contributed by atoms with Crippen LogP contribution in [0.1, 0.15) is 74.4 Å². The van der Waals surface area contributed by atoms with Gasteiger partial charge in [-0.1, -0.05) is 50.2 Å². The second kappa shape index (κ2) is 11.1. The molecule has 0 fully saturated rings. The zero-order valence-electron chi connectivity index (χ0n) is 22.9. The molecule has 4 rings (SSSR count). The van der Waals surface area contributed by atoms with Crippen LogP contribution in [0.3, 0.4) is 0 Å². The molecule has 0 atom stereocenters. The zero-order valence-corrected chi connectivity index (χ0v) is 22.9. The minimum atomic E-state index is -0.370. The van der Waals surface area contributed by atoms with Gasteiger partial charge in [0, 0.05) is 5.41 Å². The highest BCUT2D eigenvalue weighted by molar-refractivity contribution is 5.92. The van der Waals surface area contributed by atoms with E-state index in [-0.39, 0.29) is 17.4 Å². The molecule has 0 aliphatic heterocycles. The number of hydrogen-bond donors (Lipinski definition) is 0. The van der Waals surface area contributed by atoms with E-state index in [2.05, 4.69) is 13.8 Å². The van der Waals surface area contributed by atoms with Crippen LogP contribution in [0.15, 0.2) is 84.9 Å². The molecule has 0 aliphatic carbocycles. The lowest BCUT2D eigenvalue weighted by molar-refractivity contribution is 0.0725. The Kier molecular flexibility index (Phi) is 7.82. The average molecular weight is 507 g/mol. The molecular formula is C34H34O4. The van der Waals surface area contributed by atoms with Crippen LogP contribution in [-0.4, -0.2) is 11.9 Å². The summed E-state index contributed by atoms with van der Waals surface area (Å²) in [7, 11) is 0. The molecule has 0 heterocycles. The van der Waals surface area contributed by atoms with Crippen LogP contribution < -0.4 is 9.47 Å². The normalized spacial score (nSPS) is 11.2. The van der Waals surface area contributed by atoms with Crippen molar-refractivity contribution in [3.8, 4) is 11.5 Å². The van der Waals surface area contributed by atoms with Crippen LogP contribution in [0, 0.1) is 27.7 Å². The Balaban J connectivity index is 1.47. The van der Waals surface area contributed by atoms with E-state index in [9.17, 15) is 9.59 Å². The minimum Gasteiger partial charge on any atom is -0.423 e. The maximum absolute atomic E-state index is 12.6. The fraction of sp³-hybridized carbons (Fsp3) is 0.235. The number of carbonyl (C=O) groups is 2. The Bertz CT molecular complexity index is 1350. The van der Waals surface area contributed by atoms with Crippen LogP contribution in [-0.2, 0) is 5.41 Å².